The normalized spacial score (nSPS) is 21.5. The Kier molecular flexibility index (Phi) is 3.25. The molecule has 3 rings (SSSR count). The molecule has 1 saturated heterocycles. The van der Waals surface area contributed by atoms with Crippen molar-refractivity contribution in [2.45, 2.75) is 18.6 Å². The summed E-state index contributed by atoms with van der Waals surface area (Å²) in [4.78, 5) is 39.5. The molecule has 0 bridgehead atoms. The van der Waals surface area contributed by atoms with Gasteiger partial charge in [-0.25, -0.2) is 4.79 Å². The van der Waals surface area contributed by atoms with Crippen LogP contribution < -0.4 is 11.4 Å². The molecule has 22 heavy (non-hydrogen) atoms. The molecule has 0 unspecified atom stereocenters. The molecule has 2 heterocycles. The molecular weight excluding hydrogens is 288 g/mol. The summed E-state index contributed by atoms with van der Waals surface area (Å²) in [7, 11) is 1.63. The number of hydrogen-bond donors (Lipinski definition) is 3. The summed E-state index contributed by atoms with van der Waals surface area (Å²) < 4.78 is 1.44. The number of likely N-dealkylation sites (tertiary alicyclic amines) is 1. The number of aromatic nitrogens is 2. The van der Waals surface area contributed by atoms with Gasteiger partial charge in [0.25, 0.3) is 5.91 Å². The Morgan fingerprint density at radius 1 is 1.41 bits per heavy atom. The highest BCUT2D eigenvalue weighted by Gasteiger charge is 2.38. The molecule has 2 aromatic rings. The molecular formula is C14H16N4O4. The number of H-pyrrole nitrogens is 1. The fourth-order valence-electron chi connectivity index (χ4n) is 2.84. The Bertz CT molecular complexity index is 822. The average molecular weight is 304 g/mol. The summed E-state index contributed by atoms with van der Waals surface area (Å²) in [5.74, 6) is -1.04. The van der Waals surface area contributed by atoms with E-state index >= 15 is 0 Å². The van der Waals surface area contributed by atoms with E-state index in [2.05, 4.69) is 4.98 Å². The van der Waals surface area contributed by atoms with Gasteiger partial charge in [-0.15, -0.1) is 0 Å². The van der Waals surface area contributed by atoms with E-state index in [4.69, 9.17) is 5.73 Å². The highest BCUT2D eigenvalue weighted by Crippen LogP contribution is 2.22. The van der Waals surface area contributed by atoms with Gasteiger partial charge in [-0.2, -0.15) is 0 Å². The standard InChI is InChI=1S/C14H16N4O4/c1-17-10-3-2-7(4-9(10)16-14(17)22)13(21)18-6-8(19)5-11(18)12(15)20/h2-4,8,11,19H,5-6H2,1H3,(H2,15,20)(H,16,22)/t8-,11+/m1/s1. The van der Waals surface area contributed by atoms with Gasteiger partial charge in [0.2, 0.25) is 5.91 Å². The first-order valence-electron chi connectivity index (χ1n) is 6.85. The molecule has 0 radical (unpaired) electrons. The summed E-state index contributed by atoms with van der Waals surface area (Å²) in [5, 5.41) is 9.67. The number of aryl methyl sites for hydroxylation is 1. The monoisotopic (exact) mass is 304 g/mol. The molecule has 0 aliphatic carbocycles. The molecule has 1 aromatic carbocycles. The SMILES string of the molecule is Cn1c(=O)[nH]c2cc(C(=O)N3C[C@H](O)C[C@H]3C(N)=O)ccc21. The van der Waals surface area contributed by atoms with Crippen LogP contribution >= 0.6 is 0 Å². The van der Waals surface area contributed by atoms with E-state index in [9.17, 15) is 19.5 Å². The topological polar surface area (TPSA) is 121 Å². The molecule has 8 nitrogen and oxygen atoms in total. The second-order valence-electron chi connectivity index (χ2n) is 5.49. The second-order valence-corrected chi connectivity index (χ2v) is 5.49. The summed E-state index contributed by atoms with van der Waals surface area (Å²) in [5.41, 5.74) is 6.55. The van der Waals surface area contributed by atoms with Crippen LogP contribution in [0.15, 0.2) is 23.0 Å². The van der Waals surface area contributed by atoms with Crippen LogP contribution in [-0.4, -0.2) is 50.1 Å². The van der Waals surface area contributed by atoms with Crippen LogP contribution in [0.2, 0.25) is 0 Å². The van der Waals surface area contributed by atoms with Gasteiger partial charge < -0.3 is 20.7 Å². The molecule has 1 aromatic heterocycles. The number of benzene rings is 1. The lowest BCUT2D eigenvalue weighted by atomic mass is 10.1. The zero-order valence-corrected chi connectivity index (χ0v) is 11.9. The molecule has 8 heteroatoms. The number of nitrogens with zero attached hydrogens (tertiary/aromatic N) is 2. The Balaban J connectivity index is 1.98. The minimum Gasteiger partial charge on any atom is -0.391 e. The lowest BCUT2D eigenvalue weighted by Crippen LogP contribution is -2.43. The minimum atomic E-state index is -0.812. The third-order valence-corrected chi connectivity index (χ3v) is 4.02. The van der Waals surface area contributed by atoms with Crippen LogP contribution in [0.3, 0.4) is 0 Å². The number of primary amides is 1. The smallest absolute Gasteiger partial charge is 0.326 e. The molecule has 116 valence electrons. The fourth-order valence-corrected chi connectivity index (χ4v) is 2.84. The van der Waals surface area contributed by atoms with Crippen molar-refractivity contribution in [3.63, 3.8) is 0 Å². The van der Waals surface area contributed by atoms with Crippen molar-refractivity contribution in [2.75, 3.05) is 6.54 Å². The first kappa shape index (κ1) is 14.3. The highest BCUT2D eigenvalue weighted by molar-refractivity contribution is 6.00. The van der Waals surface area contributed by atoms with Gasteiger partial charge in [0.15, 0.2) is 0 Å². The third kappa shape index (κ3) is 2.17. The number of fused-ring (bicyclic) bond motifs is 1. The maximum atomic E-state index is 12.6. The van der Waals surface area contributed by atoms with Gasteiger partial charge in [0, 0.05) is 25.6 Å². The largest absolute Gasteiger partial charge is 0.391 e. The van der Waals surface area contributed by atoms with Crippen LogP contribution in [0.1, 0.15) is 16.8 Å². The first-order chi connectivity index (χ1) is 10.4. The van der Waals surface area contributed by atoms with Crippen molar-refractivity contribution in [1.29, 1.82) is 0 Å². The minimum absolute atomic E-state index is 0.0653. The summed E-state index contributed by atoms with van der Waals surface area (Å²) in [6, 6.07) is 3.99. The maximum absolute atomic E-state index is 12.6. The number of imidazole rings is 1. The molecule has 1 aliphatic rings. The van der Waals surface area contributed by atoms with E-state index in [0.717, 1.165) is 0 Å². The van der Waals surface area contributed by atoms with Crippen molar-refractivity contribution in [1.82, 2.24) is 14.5 Å². The third-order valence-electron chi connectivity index (χ3n) is 4.02. The van der Waals surface area contributed by atoms with Gasteiger partial charge >= 0.3 is 5.69 Å². The summed E-state index contributed by atoms with van der Waals surface area (Å²) >= 11 is 0. The number of β-amino-alcohol motifs (C(OH)–C–C–N with tert-alkyl or cyclic N) is 1. The van der Waals surface area contributed by atoms with Crippen molar-refractivity contribution in [2.24, 2.45) is 12.8 Å². The lowest BCUT2D eigenvalue weighted by Gasteiger charge is -2.21. The van der Waals surface area contributed by atoms with Crippen molar-refractivity contribution in [3.8, 4) is 0 Å². The second kappa shape index (κ2) is 4.99. The van der Waals surface area contributed by atoms with Crippen LogP contribution in [0.5, 0.6) is 0 Å². The average Bonchev–Trinajstić information content (AvgIpc) is 2.99. The number of carbonyl (C=O) groups is 2. The Labute approximate surface area is 125 Å². The Morgan fingerprint density at radius 2 is 2.14 bits per heavy atom. The molecule has 0 saturated carbocycles. The van der Waals surface area contributed by atoms with Crippen molar-refractivity contribution < 1.29 is 14.7 Å². The number of nitrogens with two attached hydrogens (primary N) is 1. The number of nitrogens with one attached hydrogen (secondary N) is 1. The number of hydrogen-bond acceptors (Lipinski definition) is 4. The van der Waals surface area contributed by atoms with Crippen LogP contribution in [0.4, 0.5) is 0 Å². The Morgan fingerprint density at radius 3 is 2.82 bits per heavy atom. The number of carbonyl (C=O) groups excluding carboxylic acids is 2. The number of aliphatic hydroxyl groups excluding tert-OH is 1. The molecule has 4 N–H and O–H groups in total. The van der Waals surface area contributed by atoms with Gasteiger partial charge in [-0.3, -0.25) is 14.2 Å². The van der Waals surface area contributed by atoms with Gasteiger partial charge in [-0.05, 0) is 18.2 Å². The van der Waals surface area contributed by atoms with Gasteiger partial charge in [0.05, 0.1) is 17.1 Å². The van der Waals surface area contributed by atoms with Crippen LogP contribution in [0, 0.1) is 0 Å². The number of aromatic amines is 1. The molecule has 0 spiro atoms. The molecule has 1 fully saturated rings. The molecule has 1 aliphatic heterocycles. The van der Waals surface area contributed by atoms with E-state index in [1.54, 1.807) is 25.2 Å². The summed E-state index contributed by atoms with van der Waals surface area (Å²) in [6.07, 6.45) is -0.618. The lowest BCUT2D eigenvalue weighted by molar-refractivity contribution is -0.121. The van der Waals surface area contributed by atoms with E-state index in [1.807, 2.05) is 0 Å². The van der Waals surface area contributed by atoms with E-state index in [0.29, 0.717) is 16.6 Å². The van der Waals surface area contributed by atoms with E-state index in [1.165, 1.54) is 9.47 Å². The van der Waals surface area contributed by atoms with Gasteiger partial charge in [-0.1, -0.05) is 0 Å². The van der Waals surface area contributed by atoms with Crippen LogP contribution in [0.25, 0.3) is 11.0 Å². The fraction of sp³-hybridized carbons (Fsp3) is 0.357. The predicted octanol–water partition coefficient (Wildman–Crippen LogP) is -1.07. The first-order valence-corrected chi connectivity index (χ1v) is 6.85. The zero-order valence-electron chi connectivity index (χ0n) is 11.9. The van der Waals surface area contributed by atoms with E-state index < -0.39 is 24.0 Å². The molecule has 2 amide bonds. The number of rotatable bonds is 2. The van der Waals surface area contributed by atoms with Crippen molar-refractivity contribution in [3.05, 3.63) is 34.2 Å². The predicted molar refractivity (Wildman–Crippen MR) is 78.2 cm³/mol. The number of amides is 2. The van der Waals surface area contributed by atoms with E-state index in [-0.39, 0.29) is 18.7 Å². The quantitative estimate of drug-likeness (QED) is 0.654. The van der Waals surface area contributed by atoms with Crippen LogP contribution in [-0.2, 0) is 11.8 Å². The zero-order chi connectivity index (χ0) is 16.0. The summed E-state index contributed by atoms with van der Waals surface area (Å²) in [6.45, 7) is 0.0653. The number of aliphatic hydroxyl groups is 1. The Hall–Kier alpha value is -2.61. The highest BCUT2D eigenvalue weighted by atomic mass is 16.3. The van der Waals surface area contributed by atoms with Crippen molar-refractivity contribution >= 4 is 22.8 Å². The molecule has 2 atom stereocenters. The maximum Gasteiger partial charge on any atom is 0.326 e. The van der Waals surface area contributed by atoms with Gasteiger partial charge in [0.1, 0.15) is 6.04 Å².